The minimum Gasteiger partial charge on any atom is -0.352 e. The first-order valence-electron chi connectivity index (χ1n) is 10.1. The molecule has 31 heavy (non-hydrogen) atoms. The van der Waals surface area contributed by atoms with Crippen LogP contribution in [0.5, 0.6) is 0 Å². The predicted octanol–water partition coefficient (Wildman–Crippen LogP) is 6.56. The molecule has 0 aliphatic carbocycles. The van der Waals surface area contributed by atoms with Crippen molar-refractivity contribution in [1.82, 2.24) is 10.2 Å². The van der Waals surface area contributed by atoms with Crippen molar-refractivity contribution in [1.29, 1.82) is 0 Å². The second-order valence-electron chi connectivity index (χ2n) is 7.39. The van der Waals surface area contributed by atoms with Gasteiger partial charge in [-0.1, -0.05) is 72.4 Å². The number of benzene rings is 2. The molecule has 0 saturated carbocycles. The molecule has 0 bridgehead atoms. The van der Waals surface area contributed by atoms with Gasteiger partial charge in [0.2, 0.25) is 11.8 Å². The van der Waals surface area contributed by atoms with Gasteiger partial charge in [0, 0.05) is 28.2 Å². The fraction of sp³-hybridized carbons (Fsp3) is 0.391. The molecule has 1 N–H and O–H groups in total. The van der Waals surface area contributed by atoms with Gasteiger partial charge in [0.15, 0.2) is 0 Å². The Kier molecular flexibility index (Phi) is 9.95. The van der Waals surface area contributed by atoms with E-state index in [0.717, 1.165) is 6.42 Å². The van der Waals surface area contributed by atoms with Crippen molar-refractivity contribution < 1.29 is 9.59 Å². The average molecular weight is 504 g/mol. The summed E-state index contributed by atoms with van der Waals surface area (Å²) in [5.74, 6) is -0.442. The molecular formula is C23H26Cl4N2O2. The molecule has 2 amide bonds. The summed E-state index contributed by atoms with van der Waals surface area (Å²) in [7, 11) is 0. The fourth-order valence-corrected chi connectivity index (χ4v) is 3.98. The van der Waals surface area contributed by atoms with Crippen molar-refractivity contribution in [2.45, 2.75) is 58.7 Å². The number of hydrogen-bond acceptors (Lipinski definition) is 2. The molecule has 0 aromatic heterocycles. The lowest BCUT2D eigenvalue weighted by atomic mass is 10.1. The van der Waals surface area contributed by atoms with Crippen LogP contribution in [-0.2, 0) is 22.6 Å². The highest BCUT2D eigenvalue weighted by Crippen LogP contribution is 2.28. The van der Waals surface area contributed by atoms with E-state index >= 15 is 0 Å². The number of carbonyl (C=O) groups excluding carboxylic acids is 2. The fourth-order valence-electron chi connectivity index (χ4n) is 3.14. The van der Waals surface area contributed by atoms with Crippen molar-refractivity contribution in [3.05, 3.63) is 67.6 Å². The molecule has 8 heteroatoms. The lowest BCUT2D eigenvalue weighted by Gasteiger charge is -2.32. The molecule has 0 spiro atoms. The van der Waals surface area contributed by atoms with Gasteiger partial charge in [0.25, 0.3) is 0 Å². The summed E-state index contributed by atoms with van der Waals surface area (Å²) in [6.07, 6.45) is 1.29. The first kappa shape index (κ1) is 25.8. The summed E-state index contributed by atoms with van der Waals surface area (Å²) >= 11 is 24.8. The Morgan fingerprint density at radius 3 is 2.13 bits per heavy atom. The third-order valence-electron chi connectivity index (χ3n) is 5.12. The lowest BCUT2D eigenvalue weighted by molar-refractivity contribution is -0.141. The molecule has 2 aromatic carbocycles. The SMILES string of the molecule is CC[C@H](C)NC(=O)[C@H](CC)N(Cc1c(Cl)cccc1Cl)C(=O)Cc1ccc(Cl)c(Cl)c1. The number of amides is 2. The van der Waals surface area contributed by atoms with E-state index in [4.69, 9.17) is 46.4 Å². The van der Waals surface area contributed by atoms with Crippen LogP contribution in [0.3, 0.4) is 0 Å². The number of rotatable bonds is 9. The first-order chi connectivity index (χ1) is 14.7. The molecule has 2 rings (SSSR count). The molecule has 4 nitrogen and oxygen atoms in total. The van der Waals surface area contributed by atoms with Crippen LogP contribution in [0.15, 0.2) is 36.4 Å². The van der Waals surface area contributed by atoms with Crippen LogP contribution in [0.25, 0.3) is 0 Å². The molecule has 2 atom stereocenters. The van der Waals surface area contributed by atoms with Crippen LogP contribution in [0.1, 0.15) is 44.7 Å². The summed E-state index contributed by atoms with van der Waals surface area (Å²) in [5, 5.41) is 4.64. The number of nitrogens with one attached hydrogen (secondary N) is 1. The van der Waals surface area contributed by atoms with Crippen molar-refractivity contribution in [2.75, 3.05) is 0 Å². The average Bonchev–Trinajstić information content (AvgIpc) is 2.72. The molecule has 168 valence electrons. The van der Waals surface area contributed by atoms with Gasteiger partial charge in [-0.05, 0) is 49.6 Å². The Balaban J connectivity index is 2.38. The Labute approximate surface area is 203 Å². The monoisotopic (exact) mass is 502 g/mol. The van der Waals surface area contributed by atoms with Gasteiger partial charge in [0.1, 0.15) is 6.04 Å². The Morgan fingerprint density at radius 1 is 0.935 bits per heavy atom. The van der Waals surface area contributed by atoms with Gasteiger partial charge in [-0.15, -0.1) is 0 Å². The van der Waals surface area contributed by atoms with E-state index in [0.29, 0.717) is 37.6 Å². The topological polar surface area (TPSA) is 49.4 Å². The van der Waals surface area contributed by atoms with Crippen LogP contribution in [0.2, 0.25) is 20.1 Å². The zero-order valence-corrected chi connectivity index (χ0v) is 20.7. The third-order valence-corrected chi connectivity index (χ3v) is 6.56. The van der Waals surface area contributed by atoms with E-state index in [-0.39, 0.29) is 30.8 Å². The summed E-state index contributed by atoms with van der Waals surface area (Å²) in [5.41, 5.74) is 1.30. The zero-order chi connectivity index (χ0) is 23.1. The number of hydrogen-bond donors (Lipinski definition) is 1. The minimum absolute atomic E-state index is 0.00234. The highest BCUT2D eigenvalue weighted by atomic mass is 35.5. The van der Waals surface area contributed by atoms with Crippen molar-refractivity contribution in [2.24, 2.45) is 0 Å². The standard InChI is InChI=1S/C23H26Cl4N2O2/c1-4-14(3)28-23(31)21(5-2)29(13-16-17(24)7-6-8-18(16)25)22(30)12-15-9-10-19(26)20(27)11-15/h6-11,14,21H,4-5,12-13H2,1-3H3,(H,28,31)/t14-,21-/m0/s1. The van der Waals surface area contributed by atoms with Gasteiger partial charge >= 0.3 is 0 Å². The van der Waals surface area contributed by atoms with Gasteiger partial charge in [-0.2, -0.15) is 0 Å². The van der Waals surface area contributed by atoms with E-state index in [9.17, 15) is 9.59 Å². The second kappa shape index (κ2) is 12.0. The molecule has 0 radical (unpaired) electrons. The normalized spacial score (nSPS) is 12.9. The molecule has 0 saturated heterocycles. The van der Waals surface area contributed by atoms with E-state index in [2.05, 4.69) is 5.32 Å². The van der Waals surface area contributed by atoms with E-state index in [1.54, 1.807) is 36.4 Å². The molecular weight excluding hydrogens is 478 g/mol. The number of halogens is 4. The van der Waals surface area contributed by atoms with Crippen LogP contribution in [0, 0.1) is 0 Å². The molecule has 0 unspecified atom stereocenters. The predicted molar refractivity (Wildman–Crippen MR) is 129 cm³/mol. The molecule has 0 aliphatic rings. The van der Waals surface area contributed by atoms with Crippen molar-refractivity contribution in [3.8, 4) is 0 Å². The summed E-state index contributed by atoms with van der Waals surface area (Å²) in [6, 6.07) is 9.54. The van der Waals surface area contributed by atoms with Crippen molar-refractivity contribution >= 4 is 58.2 Å². The van der Waals surface area contributed by atoms with E-state index < -0.39 is 6.04 Å². The molecule has 0 aliphatic heterocycles. The Hall–Kier alpha value is -1.46. The summed E-state index contributed by atoms with van der Waals surface area (Å²) in [4.78, 5) is 27.9. The number of carbonyl (C=O) groups is 2. The zero-order valence-electron chi connectivity index (χ0n) is 17.7. The summed E-state index contributed by atoms with van der Waals surface area (Å²) in [6.45, 7) is 5.90. The maximum atomic E-state index is 13.4. The molecule has 0 heterocycles. The molecule has 2 aromatic rings. The van der Waals surface area contributed by atoms with Crippen LogP contribution < -0.4 is 5.32 Å². The Bertz CT molecular complexity index is 916. The maximum Gasteiger partial charge on any atom is 0.243 e. The lowest BCUT2D eigenvalue weighted by Crippen LogP contribution is -2.51. The van der Waals surface area contributed by atoms with Crippen LogP contribution in [0.4, 0.5) is 0 Å². The van der Waals surface area contributed by atoms with E-state index in [1.807, 2.05) is 20.8 Å². The van der Waals surface area contributed by atoms with Gasteiger partial charge < -0.3 is 10.2 Å². The number of nitrogens with zero attached hydrogens (tertiary/aromatic N) is 1. The maximum absolute atomic E-state index is 13.4. The molecule has 0 fully saturated rings. The Morgan fingerprint density at radius 2 is 1.58 bits per heavy atom. The minimum atomic E-state index is -0.670. The highest BCUT2D eigenvalue weighted by molar-refractivity contribution is 6.42. The van der Waals surface area contributed by atoms with E-state index in [1.165, 1.54) is 4.90 Å². The van der Waals surface area contributed by atoms with Gasteiger partial charge in [-0.25, -0.2) is 0 Å². The van der Waals surface area contributed by atoms with Crippen LogP contribution >= 0.6 is 46.4 Å². The largest absolute Gasteiger partial charge is 0.352 e. The summed E-state index contributed by atoms with van der Waals surface area (Å²) < 4.78 is 0. The van der Waals surface area contributed by atoms with Crippen molar-refractivity contribution in [3.63, 3.8) is 0 Å². The highest BCUT2D eigenvalue weighted by Gasteiger charge is 2.30. The second-order valence-corrected chi connectivity index (χ2v) is 9.02. The quantitative estimate of drug-likeness (QED) is 0.421. The smallest absolute Gasteiger partial charge is 0.243 e. The van der Waals surface area contributed by atoms with Gasteiger partial charge in [0.05, 0.1) is 16.5 Å². The van der Waals surface area contributed by atoms with Crippen LogP contribution in [-0.4, -0.2) is 28.8 Å². The van der Waals surface area contributed by atoms with Gasteiger partial charge in [-0.3, -0.25) is 9.59 Å². The first-order valence-corrected chi connectivity index (χ1v) is 11.7. The third kappa shape index (κ3) is 7.01.